The standard InChI is InChI=1S/C17H18O/c1-14(13-18)17(16-10-6-3-7-11-16)12-15-8-4-2-5-9-15/h2-11,13-14,17H,12H2,1H3. The van der Waals surface area contributed by atoms with Gasteiger partial charge in [-0.15, -0.1) is 0 Å². The summed E-state index contributed by atoms with van der Waals surface area (Å²) in [6.07, 6.45) is 1.96. The van der Waals surface area contributed by atoms with Gasteiger partial charge in [0.1, 0.15) is 6.29 Å². The molecule has 0 saturated heterocycles. The van der Waals surface area contributed by atoms with Crippen molar-refractivity contribution in [2.24, 2.45) is 5.92 Å². The summed E-state index contributed by atoms with van der Waals surface area (Å²) in [5.74, 6) is 0.290. The summed E-state index contributed by atoms with van der Waals surface area (Å²) in [5, 5.41) is 0. The summed E-state index contributed by atoms with van der Waals surface area (Å²) in [6, 6.07) is 20.6. The number of carbonyl (C=O) groups excluding carboxylic acids is 1. The molecule has 2 aromatic carbocycles. The van der Waals surface area contributed by atoms with Gasteiger partial charge >= 0.3 is 0 Å². The molecule has 1 heteroatoms. The fourth-order valence-corrected chi connectivity index (χ4v) is 2.27. The maximum Gasteiger partial charge on any atom is 0.123 e. The Bertz CT molecular complexity index is 475. The van der Waals surface area contributed by atoms with Crippen molar-refractivity contribution in [3.05, 3.63) is 71.8 Å². The van der Waals surface area contributed by atoms with Crippen molar-refractivity contribution >= 4 is 6.29 Å². The normalized spacial score (nSPS) is 13.8. The first kappa shape index (κ1) is 12.6. The lowest BCUT2D eigenvalue weighted by Crippen LogP contribution is -2.14. The number of benzene rings is 2. The molecule has 0 amide bonds. The summed E-state index contributed by atoms with van der Waals surface area (Å²) < 4.78 is 0. The highest BCUT2D eigenvalue weighted by Crippen LogP contribution is 2.27. The highest BCUT2D eigenvalue weighted by molar-refractivity contribution is 5.55. The lowest BCUT2D eigenvalue weighted by molar-refractivity contribution is -0.111. The van der Waals surface area contributed by atoms with Crippen molar-refractivity contribution in [2.45, 2.75) is 19.3 Å². The largest absolute Gasteiger partial charge is 0.303 e. The molecule has 18 heavy (non-hydrogen) atoms. The van der Waals surface area contributed by atoms with Crippen LogP contribution in [0.2, 0.25) is 0 Å². The third kappa shape index (κ3) is 3.07. The topological polar surface area (TPSA) is 17.1 Å². The quantitative estimate of drug-likeness (QED) is 0.723. The predicted molar refractivity (Wildman–Crippen MR) is 74.6 cm³/mol. The molecule has 2 unspecified atom stereocenters. The molecule has 1 nitrogen and oxygen atoms in total. The average Bonchev–Trinajstić information content (AvgIpc) is 2.46. The van der Waals surface area contributed by atoms with E-state index in [1.165, 1.54) is 11.1 Å². The zero-order chi connectivity index (χ0) is 12.8. The smallest absolute Gasteiger partial charge is 0.123 e. The highest BCUT2D eigenvalue weighted by atomic mass is 16.1. The molecule has 0 N–H and O–H groups in total. The van der Waals surface area contributed by atoms with E-state index in [9.17, 15) is 4.79 Å². The van der Waals surface area contributed by atoms with Gasteiger partial charge in [-0.2, -0.15) is 0 Å². The van der Waals surface area contributed by atoms with Gasteiger partial charge in [0.15, 0.2) is 0 Å². The minimum Gasteiger partial charge on any atom is -0.303 e. The van der Waals surface area contributed by atoms with Gasteiger partial charge < -0.3 is 4.79 Å². The average molecular weight is 238 g/mol. The predicted octanol–water partition coefficient (Wildman–Crippen LogP) is 3.85. The summed E-state index contributed by atoms with van der Waals surface area (Å²) >= 11 is 0. The van der Waals surface area contributed by atoms with Crippen molar-refractivity contribution in [1.29, 1.82) is 0 Å². The first-order valence-electron chi connectivity index (χ1n) is 6.35. The summed E-state index contributed by atoms with van der Waals surface area (Å²) in [5.41, 5.74) is 2.51. The van der Waals surface area contributed by atoms with Gasteiger partial charge in [0.25, 0.3) is 0 Å². The number of carbonyl (C=O) groups is 1. The van der Waals surface area contributed by atoms with Crippen LogP contribution >= 0.6 is 0 Å². The molecule has 2 aromatic rings. The Kier molecular flexibility index (Phi) is 4.30. The van der Waals surface area contributed by atoms with E-state index in [1.54, 1.807) is 0 Å². The fourth-order valence-electron chi connectivity index (χ4n) is 2.27. The van der Waals surface area contributed by atoms with Crippen molar-refractivity contribution in [2.75, 3.05) is 0 Å². The second-order valence-electron chi connectivity index (χ2n) is 4.70. The molecule has 0 fully saturated rings. The van der Waals surface area contributed by atoms with Crippen molar-refractivity contribution in [3.63, 3.8) is 0 Å². The zero-order valence-electron chi connectivity index (χ0n) is 10.6. The monoisotopic (exact) mass is 238 g/mol. The van der Waals surface area contributed by atoms with E-state index in [0.717, 1.165) is 12.7 Å². The maximum absolute atomic E-state index is 11.1. The van der Waals surface area contributed by atoms with Crippen LogP contribution < -0.4 is 0 Å². The van der Waals surface area contributed by atoms with Crippen LogP contribution in [-0.4, -0.2) is 6.29 Å². The van der Waals surface area contributed by atoms with Gasteiger partial charge in [-0.3, -0.25) is 0 Å². The molecule has 0 heterocycles. The molecule has 0 saturated carbocycles. The Balaban J connectivity index is 2.24. The van der Waals surface area contributed by atoms with Gasteiger partial charge in [-0.1, -0.05) is 67.6 Å². The Morgan fingerprint density at radius 2 is 1.50 bits per heavy atom. The first-order chi connectivity index (χ1) is 8.81. The van der Waals surface area contributed by atoms with Crippen molar-refractivity contribution in [1.82, 2.24) is 0 Å². The van der Waals surface area contributed by atoms with Crippen LogP contribution in [0.15, 0.2) is 60.7 Å². The number of rotatable bonds is 5. The van der Waals surface area contributed by atoms with E-state index in [4.69, 9.17) is 0 Å². The zero-order valence-corrected chi connectivity index (χ0v) is 10.6. The molecule has 0 aliphatic rings. The van der Waals surface area contributed by atoms with Crippen LogP contribution in [0.5, 0.6) is 0 Å². The Morgan fingerprint density at radius 1 is 0.944 bits per heavy atom. The number of aldehydes is 1. The van der Waals surface area contributed by atoms with Gasteiger partial charge in [-0.25, -0.2) is 0 Å². The summed E-state index contributed by atoms with van der Waals surface area (Å²) in [7, 11) is 0. The molecule has 0 aliphatic carbocycles. The summed E-state index contributed by atoms with van der Waals surface area (Å²) in [6.45, 7) is 1.99. The molecule has 0 radical (unpaired) electrons. The van der Waals surface area contributed by atoms with Gasteiger partial charge in [0.05, 0.1) is 0 Å². The van der Waals surface area contributed by atoms with E-state index in [2.05, 4.69) is 24.3 Å². The van der Waals surface area contributed by atoms with Crippen LogP contribution in [0, 0.1) is 5.92 Å². The first-order valence-corrected chi connectivity index (χ1v) is 6.35. The van der Waals surface area contributed by atoms with Crippen molar-refractivity contribution in [3.8, 4) is 0 Å². The molecular weight excluding hydrogens is 220 g/mol. The second kappa shape index (κ2) is 6.15. The Morgan fingerprint density at radius 3 is 2.06 bits per heavy atom. The lowest BCUT2D eigenvalue weighted by atomic mass is 9.83. The lowest BCUT2D eigenvalue weighted by Gasteiger charge is -2.20. The van der Waals surface area contributed by atoms with Gasteiger partial charge in [0.2, 0.25) is 0 Å². The third-order valence-electron chi connectivity index (χ3n) is 3.38. The molecule has 0 spiro atoms. The van der Waals surface area contributed by atoms with Crippen LogP contribution in [0.3, 0.4) is 0 Å². The fraction of sp³-hybridized carbons (Fsp3) is 0.235. The molecular formula is C17H18O. The minimum atomic E-state index is 0.0348. The van der Waals surface area contributed by atoms with Gasteiger partial charge in [0, 0.05) is 5.92 Å². The van der Waals surface area contributed by atoms with E-state index >= 15 is 0 Å². The third-order valence-corrected chi connectivity index (χ3v) is 3.38. The highest BCUT2D eigenvalue weighted by Gasteiger charge is 2.18. The number of hydrogen-bond acceptors (Lipinski definition) is 1. The maximum atomic E-state index is 11.1. The molecule has 92 valence electrons. The second-order valence-corrected chi connectivity index (χ2v) is 4.70. The minimum absolute atomic E-state index is 0.0348. The van der Waals surface area contributed by atoms with Gasteiger partial charge in [-0.05, 0) is 23.5 Å². The Labute approximate surface area is 108 Å². The van der Waals surface area contributed by atoms with E-state index < -0.39 is 0 Å². The molecule has 2 atom stereocenters. The van der Waals surface area contributed by atoms with Crippen LogP contribution in [0.4, 0.5) is 0 Å². The van der Waals surface area contributed by atoms with E-state index in [0.29, 0.717) is 0 Å². The molecule has 0 bridgehead atoms. The van der Waals surface area contributed by atoms with E-state index in [1.807, 2.05) is 43.3 Å². The molecule has 0 aromatic heterocycles. The SMILES string of the molecule is CC(C=O)C(Cc1ccccc1)c1ccccc1. The van der Waals surface area contributed by atoms with Crippen LogP contribution in [0.1, 0.15) is 24.0 Å². The van der Waals surface area contributed by atoms with Crippen molar-refractivity contribution < 1.29 is 4.79 Å². The summed E-state index contributed by atoms with van der Waals surface area (Å²) in [4.78, 5) is 11.1. The molecule has 0 aliphatic heterocycles. The Hall–Kier alpha value is -1.89. The van der Waals surface area contributed by atoms with Crippen LogP contribution in [-0.2, 0) is 11.2 Å². The van der Waals surface area contributed by atoms with E-state index in [-0.39, 0.29) is 11.8 Å². The van der Waals surface area contributed by atoms with Crippen LogP contribution in [0.25, 0.3) is 0 Å². The number of hydrogen-bond donors (Lipinski definition) is 0. The molecule has 2 rings (SSSR count).